The molecule has 0 aliphatic carbocycles. The van der Waals surface area contributed by atoms with Crippen LogP contribution < -0.4 is 10.1 Å². The number of amides is 2. The Bertz CT molecular complexity index is 826. The van der Waals surface area contributed by atoms with E-state index in [4.69, 9.17) is 4.74 Å². The Balaban J connectivity index is 1.56. The summed E-state index contributed by atoms with van der Waals surface area (Å²) in [6, 6.07) is 7.66. The van der Waals surface area contributed by atoms with Crippen molar-refractivity contribution in [3.8, 4) is 5.75 Å². The number of hydrogen-bond donors (Lipinski definition) is 2. The van der Waals surface area contributed by atoms with E-state index >= 15 is 0 Å². The smallest absolute Gasteiger partial charge is 0.224 e. The van der Waals surface area contributed by atoms with Crippen molar-refractivity contribution in [1.82, 2.24) is 20.4 Å². The lowest BCUT2D eigenvalue weighted by Gasteiger charge is -2.32. The second-order valence-electron chi connectivity index (χ2n) is 7.28. The monoisotopic (exact) mass is 384 g/mol. The molecule has 1 fully saturated rings. The van der Waals surface area contributed by atoms with Crippen molar-refractivity contribution in [2.45, 2.75) is 39.7 Å². The van der Waals surface area contributed by atoms with E-state index in [-0.39, 0.29) is 17.7 Å². The molecule has 1 aromatic carbocycles. The van der Waals surface area contributed by atoms with Gasteiger partial charge in [0.25, 0.3) is 0 Å². The van der Waals surface area contributed by atoms with Crippen molar-refractivity contribution >= 4 is 11.8 Å². The zero-order valence-electron chi connectivity index (χ0n) is 16.7. The number of aromatic amines is 1. The van der Waals surface area contributed by atoms with E-state index in [1.807, 2.05) is 38.1 Å². The number of methoxy groups -OCH3 is 1. The fraction of sp³-hybridized carbons (Fsp3) is 0.476. The lowest BCUT2D eigenvalue weighted by atomic mass is 9.96. The van der Waals surface area contributed by atoms with Crippen molar-refractivity contribution in [1.29, 1.82) is 0 Å². The van der Waals surface area contributed by atoms with Gasteiger partial charge in [-0.3, -0.25) is 14.7 Å². The number of H-pyrrole nitrogens is 1. The number of carbonyl (C=O) groups excluding carboxylic acids is 2. The number of ether oxygens (including phenoxy) is 1. The molecular formula is C21H28N4O3. The molecule has 0 spiro atoms. The van der Waals surface area contributed by atoms with Crippen LogP contribution in [0.3, 0.4) is 0 Å². The van der Waals surface area contributed by atoms with Gasteiger partial charge in [-0.2, -0.15) is 5.10 Å². The van der Waals surface area contributed by atoms with Crippen LogP contribution in [0, 0.1) is 19.8 Å². The Labute approximate surface area is 165 Å². The number of piperidine rings is 1. The van der Waals surface area contributed by atoms with E-state index in [1.54, 1.807) is 12.0 Å². The van der Waals surface area contributed by atoms with Gasteiger partial charge in [-0.1, -0.05) is 18.2 Å². The van der Waals surface area contributed by atoms with E-state index in [0.29, 0.717) is 32.5 Å². The Morgan fingerprint density at radius 3 is 2.86 bits per heavy atom. The first-order valence-electron chi connectivity index (χ1n) is 9.67. The fourth-order valence-corrected chi connectivity index (χ4v) is 3.72. The Morgan fingerprint density at radius 1 is 1.36 bits per heavy atom. The average Bonchev–Trinajstić information content (AvgIpc) is 3.02. The summed E-state index contributed by atoms with van der Waals surface area (Å²) in [5.41, 5.74) is 4.11. The number of rotatable bonds is 7. The zero-order valence-corrected chi connectivity index (χ0v) is 16.7. The number of benzene rings is 1. The maximum absolute atomic E-state index is 12.6. The molecule has 1 aliphatic heterocycles. The maximum Gasteiger partial charge on any atom is 0.224 e. The molecule has 0 radical (unpaired) electrons. The molecule has 28 heavy (non-hydrogen) atoms. The molecule has 1 unspecified atom stereocenters. The highest BCUT2D eigenvalue weighted by Crippen LogP contribution is 2.24. The minimum absolute atomic E-state index is 0.0105. The Kier molecular flexibility index (Phi) is 6.34. The predicted octanol–water partition coefficient (Wildman–Crippen LogP) is 2.13. The van der Waals surface area contributed by atoms with Crippen LogP contribution >= 0.6 is 0 Å². The highest BCUT2D eigenvalue weighted by atomic mass is 16.5. The summed E-state index contributed by atoms with van der Waals surface area (Å²) < 4.78 is 5.38. The van der Waals surface area contributed by atoms with Crippen LogP contribution in [0.1, 0.15) is 35.4 Å². The van der Waals surface area contributed by atoms with Gasteiger partial charge in [-0.05, 0) is 38.3 Å². The van der Waals surface area contributed by atoms with Crippen molar-refractivity contribution in [2.75, 3.05) is 20.2 Å². The van der Waals surface area contributed by atoms with Gasteiger partial charge < -0.3 is 15.0 Å². The van der Waals surface area contributed by atoms with Gasteiger partial charge in [-0.25, -0.2) is 0 Å². The minimum Gasteiger partial charge on any atom is -0.496 e. The molecule has 7 nitrogen and oxygen atoms in total. The highest BCUT2D eigenvalue weighted by molar-refractivity contribution is 5.83. The summed E-state index contributed by atoms with van der Waals surface area (Å²) in [6.07, 6.45) is 1.74. The highest BCUT2D eigenvalue weighted by Gasteiger charge is 2.30. The number of nitrogens with zero attached hydrogens (tertiary/aromatic N) is 2. The van der Waals surface area contributed by atoms with Crippen molar-refractivity contribution in [3.63, 3.8) is 0 Å². The molecule has 1 aliphatic rings. The third-order valence-electron chi connectivity index (χ3n) is 5.38. The molecule has 2 N–H and O–H groups in total. The third kappa shape index (κ3) is 4.52. The van der Waals surface area contributed by atoms with E-state index < -0.39 is 0 Å². The summed E-state index contributed by atoms with van der Waals surface area (Å²) >= 11 is 0. The van der Waals surface area contributed by atoms with Crippen LogP contribution in [0.4, 0.5) is 0 Å². The van der Waals surface area contributed by atoms with E-state index in [9.17, 15) is 9.59 Å². The number of likely N-dealkylation sites (tertiary alicyclic amines) is 1. The zero-order chi connectivity index (χ0) is 20.1. The second kappa shape index (κ2) is 8.91. The van der Waals surface area contributed by atoms with Gasteiger partial charge >= 0.3 is 0 Å². The van der Waals surface area contributed by atoms with Crippen LogP contribution in [0.2, 0.25) is 0 Å². The van der Waals surface area contributed by atoms with Crippen LogP contribution in [0.15, 0.2) is 24.3 Å². The summed E-state index contributed by atoms with van der Waals surface area (Å²) in [5, 5.41) is 10.2. The van der Waals surface area contributed by atoms with E-state index in [0.717, 1.165) is 34.7 Å². The summed E-state index contributed by atoms with van der Waals surface area (Å²) in [7, 11) is 1.62. The molecule has 3 rings (SSSR count). The first-order chi connectivity index (χ1) is 13.5. The molecule has 1 saturated heterocycles. The second-order valence-corrected chi connectivity index (χ2v) is 7.28. The van der Waals surface area contributed by atoms with Gasteiger partial charge in [0.15, 0.2) is 0 Å². The number of aryl methyl sites for hydroxylation is 2. The molecular weight excluding hydrogens is 356 g/mol. The number of nitrogens with one attached hydrogen (secondary N) is 2. The standard InChI is InChI=1S/C21H28N4O3/c1-14-18(15(2)24-23-14)10-11-22-21(27)17-8-9-20(26)25(13-17)12-16-6-4-5-7-19(16)28-3/h4-7,17H,8-13H2,1-3H3,(H,22,27)(H,23,24). The number of para-hydroxylation sites is 1. The van der Waals surface area contributed by atoms with Gasteiger partial charge in [0.05, 0.1) is 18.7 Å². The molecule has 2 aromatic rings. The topological polar surface area (TPSA) is 87.3 Å². The molecule has 2 heterocycles. The molecule has 0 bridgehead atoms. The molecule has 1 atom stereocenters. The largest absolute Gasteiger partial charge is 0.496 e. The first kappa shape index (κ1) is 19.9. The van der Waals surface area contributed by atoms with E-state index in [1.165, 1.54) is 0 Å². The van der Waals surface area contributed by atoms with Gasteiger partial charge in [0.2, 0.25) is 11.8 Å². The van der Waals surface area contributed by atoms with Gasteiger partial charge in [0, 0.05) is 37.3 Å². The van der Waals surface area contributed by atoms with Crippen LogP contribution in [0.25, 0.3) is 0 Å². The Morgan fingerprint density at radius 2 is 2.14 bits per heavy atom. The SMILES string of the molecule is COc1ccccc1CN1CC(C(=O)NCCc2c(C)n[nH]c2C)CCC1=O. The van der Waals surface area contributed by atoms with Crippen molar-refractivity contribution in [3.05, 3.63) is 46.8 Å². The number of carbonyl (C=O) groups is 2. The number of aromatic nitrogens is 2. The summed E-state index contributed by atoms with van der Waals surface area (Å²) in [6.45, 7) is 5.41. The molecule has 2 amide bonds. The van der Waals surface area contributed by atoms with Gasteiger partial charge in [-0.15, -0.1) is 0 Å². The lowest BCUT2D eigenvalue weighted by molar-refractivity contribution is -0.138. The lowest BCUT2D eigenvalue weighted by Crippen LogP contribution is -2.45. The summed E-state index contributed by atoms with van der Waals surface area (Å²) in [4.78, 5) is 26.7. The quantitative estimate of drug-likeness (QED) is 0.766. The Hall–Kier alpha value is -2.83. The van der Waals surface area contributed by atoms with Crippen molar-refractivity contribution < 1.29 is 14.3 Å². The minimum atomic E-state index is -0.182. The van der Waals surface area contributed by atoms with Gasteiger partial charge in [0.1, 0.15) is 5.75 Å². The molecule has 1 aromatic heterocycles. The van der Waals surface area contributed by atoms with Crippen LogP contribution in [-0.4, -0.2) is 47.1 Å². The van der Waals surface area contributed by atoms with E-state index in [2.05, 4.69) is 15.5 Å². The number of hydrogen-bond acceptors (Lipinski definition) is 4. The third-order valence-corrected chi connectivity index (χ3v) is 5.38. The normalized spacial score (nSPS) is 16.9. The molecule has 0 saturated carbocycles. The predicted molar refractivity (Wildman–Crippen MR) is 106 cm³/mol. The average molecular weight is 384 g/mol. The van der Waals surface area contributed by atoms with Crippen molar-refractivity contribution in [2.24, 2.45) is 5.92 Å². The fourth-order valence-electron chi connectivity index (χ4n) is 3.72. The maximum atomic E-state index is 12.6. The van der Waals surface area contributed by atoms with Crippen LogP contribution in [-0.2, 0) is 22.6 Å². The molecule has 150 valence electrons. The molecule has 7 heteroatoms. The summed E-state index contributed by atoms with van der Waals surface area (Å²) in [5.74, 6) is 0.669. The first-order valence-corrected chi connectivity index (χ1v) is 9.67. The van der Waals surface area contributed by atoms with Crippen LogP contribution in [0.5, 0.6) is 5.75 Å².